The second-order valence-corrected chi connectivity index (χ2v) is 8.00. The largest absolute Gasteiger partial charge is 0.493 e. The van der Waals surface area contributed by atoms with Gasteiger partial charge in [-0.15, -0.1) is 22.7 Å². The van der Waals surface area contributed by atoms with E-state index in [0.717, 1.165) is 16.4 Å². The van der Waals surface area contributed by atoms with Crippen LogP contribution in [0.2, 0.25) is 0 Å². The first-order valence-corrected chi connectivity index (χ1v) is 9.91. The summed E-state index contributed by atoms with van der Waals surface area (Å²) in [6.45, 7) is 6.04. The van der Waals surface area contributed by atoms with Crippen LogP contribution in [0.3, 0.4) is 0 Å². The van der Waals surface area contributed by atoms with Gasteiger partial charge in [0.25, 0.3) is 0 Å². The standard InChI is InChI=1S/C19H21N3O2S2/c1-12(2)24-16-10-14(7-8-15(16)23-4)11-20-22-19-21-18(13(3)26-19)17-6-5-9-25-17/h5-12H,1-4H3,(H,21,22)/b20-11-. The SMILES string of the molecule is COc1ccc(/C=N\Nc2nc(-c3cccs3)c(C)s2)cc1OC(C)C. The molecule has 0 aliphatic carbocycles. The van der Waals surface area contributed by atoms with E-state index in [1.165, 1.54) is 9.75 Å². The molecular formula is C19H21N3O2S2. The number of benzene rings is 1. The molecule has 0 aliphatic heterocycles. The van der Waals surface area contributed by atoms with Crippen LogP contribution in [0.4, 0.5) is 5.13 Å². The molecule has 7 heteroatoms. The van der Waals surface area contributed by atoms with Gasteiger partial charge in [0.15, 0.2) is 11.5 Å². The van der Waals surface area contributed by atoms with Crippen LogP contribution in [0, 0.1) is 6.92 Å². The maximum atomic E-state index is 5.79. The van der Waals surface area contributed by atoms with Gasteiger partial charge < -0.3 is 9.47 Å². The summed E-state index contributed by atoms with van der Waals surface area (Å²) in [5, 5.41) is 7.13. The summed E-state index contributed by atoms with van der Waals surface area (Å²) in [4.78, 5) is 6.96. The first-order chi connectivity index (χ1) is 12.6. The molecule has 26 heavy (non-hydrogen) atoms. The number of thiophene rings is 1. The van der Waals surface area contributed by atoms with Crippen LogP contribution in [0.1, 0.15) is 24.3 Å². The van der Waals surface area contributed by atoms with Gasteiger partial charge in [-0.25, -0.2) is 4.98 Å². The number of hydrogen-bond donors (Lipinski definition) is 1. The maximum absolute atomic E-state index is 5.79. The summed E-state index contributed by atoms with van der Waals surface area (Å²) in [5.74, 6) is 1.41. The van der Waals surface area contributed by atoms with E-state index in [1.54, 1.807) is 36.0 Å². The van der Waals surface area contributed by atoms with Gasteiger partial charge in [0, 0.05) is 4.88 Å². The molecule has 1 aromatic carbocycles. The average molecular weight is 388 g/mol. The summed E-state index contributed by atoms with van der Waals surface area (Å²) in [5.41, 5.74) is 4.95. The second-order valence-electron chi connectivity index (χ2n) is 5.85. The molecule has 2 heterocycles. The highest BCUT2D eigenvalue weighted by Crippen LogP contribution is 2.33. The lowest BCUT2D eigenvalue weighted by Crippen LogP contribution is -2.07. The molecule has 0 saturated carbocycles. The van der Waals surface area contributed by atoms with Crippen molar-refractivity contribution in [1.82, 2.24) is 4.98 Å². The number of aromatic nitrogens is 1. The van der Waals surface area contributed by atoms with Crippen LogP contribution in [-0.2, 0) is 0 Å². The average Bonchev–Trinajstić information content (AvgIpc) is 3.24. The van der Waals surface area contributed by atoms with E-state index >= 15 is 0 Å². The van der Waals surface area contributed by atoms with Crippen LogP contribution in [0.25, 0.3) is 10.6 Å². The van der Waals surface area contributed by atoms with Crippen molar-refractivity contribution in [2.24, 2.45) is 5.10 Å². The molecule has 0 saturated heterocycles. The summed E-state index contributed by atoms with van der Waals surface area (Å²) >= 11 is 3.28. The number of nitrogens with one attached hydrogen (secondary N) is 1. The third-order valence-corrected chi connectivity index (χ3v) is 5.23. The monoisotopic (exact) mass is 387 g/mol. The number of ether oxygens (including phenoxy) is 2. The topological polar surface area (TPSA) is 55.7 Å². The predicted octanol–water partition coefficient (Wildman–Crippen LogP) is 5.42. The van der Waals surface area contributed by atoms with E-state index in [9.17, 15) is 0 Å². The van der Waals surface area contributed by atoms with Crippen molar-refractivity contribution < 1.29 is 9.47 Å². The fourth-order valence-electron chi connectivity index (χ4n) is 2.37. The van der Waals surface area contributed by atoms with Crippen molar-refractivity contribution in [3.63, 3.8) is 0 Å². The van der Waals surface area contributed by atoms with E-state index in [4.69, 9.17) is 9.47 Å². The number of methoxy groups -OCH3 is 1. The predicted molar refractivity (Wildman–Crippen MR) is 110 cm³/mol. The molecule has 3 aromatic rings. The fraction of sp³-hybridized carbons (Fsp3) is 0.263. The number of hydrogen-bond acceptors (Lipinski definition) is 7. The van der Waals surface area contributed by atoms with E-state index in [-0.39, 0.29) is 6.10 Å². The zero-order valence-corrected chi connectivity index (χ0v) is 16.8. The van der Waals surface area contributed by atoms with Gasteiger partial charge >= 0.3 is 0 Å². The molecule has 0 atom stereocenters. The summed E-state index contributed by atoms with van der Waals surface area (Å²) < 4.78 is 11.1. The molecule has 3 rings (SSSR count). The van der Waals surface area contributed by atoms with E-state index in [2.05, 4.69) is 33.9 Å². The van der Waals surface area contributed by atoms with Crippen molar-refractivity contribution in [2.75, 3.05) is 12.5 Å². The zero-order chi connectivity index (χ0) is 18.5. The van der Waals surface area contributed by atoms with Crippen molar-refractivity contribution >= 4 is 34.0 Å². The van der Waals surface area contributed by atoms with Crippen LogP contribution in [-0.4, -0.2) is 24.4 Å². The fourth-order valence-corrected chi connectivity index (χ4v) is 3.98. The van der Waals surface area contributed by atoms with Crippen LogP contribution < -0.4 is 14.9 Å². The summed E-state index contributed by atoms with van der Waals surface area (Å²) in [6.07, 6.45) is 1.82. The summed E-state index contributed by atoms with van der Waals surface area (Å²) in [7, 11) is 1.63. The summed E-state index contributed by atoms with van der Waals surface area (Å²) in [6, 6.07) is 9.83. The van der Waals surface area contributed by atoms with Crippen LogP contribution in [0.15, 0.2) is 40.8 Å². The molecule has 2 aromatic heterocycles. The second kappa shape index (κ2) is 8.33. The normalized spacial score (nSPS) is 11.3. The first-order valence-electron chi connectivity index (χ1n) is 8.22. The number of hydrazone groups is 1. The molecule has 0 bridgehead atoms. The van der Waals surface area contributed by atoms with Crippen LogP contribution in [0.5, 0.6) is 11.5 Å². The van der Waals surface area contributed by atoms with Crippen molar-refractivity contribution in [2.45, 2.75) is 26.9 Å². The lowest BCUT2D eigenvalue weighted by molar-refractivity contribution is 0.230. The molecule has 136 valence electrons. The minimum atomic E-state index is 0.0724. The molecule has 0 aliphatic rings. The van der Waals surface area contributed by atoms with Crippen LogP contribution >= 0.6 is 22.7 Å². The number of nitrogens with zero attached hydrogens (tertiary/aromatic N) is 2. The Morgan fingerprint density at radius 1 is 1.23 bits per heavy atom. The van der Waals surface area contributed by atoms with E-state index in [1.807, 2.05) is 38.1 Å². The van der Waals surface area contributed by atoms with Gasteiger partial charge in [-0.2, -0.15) is 5.10 Å². The third kappa shape index (κ3) is 4.42. The lowest BCUT2D eigenvalue weighted by atomic mass is 10.2. The molecule has 0 unspecified atom stereocenters. The number of rotatable bonds is 7. The van der Waals surface area contributed by atoms with Gasteiger partial charge in [-0.3, -0.25) is 5.43 Å². The smallest absolute Gasteiger partial charge is 0.204 e. The molecular weight excluding hydrogens is 366 g/mol. The van der Waals surface area contributed by atoms with Gasteiger partial charge in [-0.1, -0.05) is 6.07 Å². The highest BCUT2D eigenvalue weighted by Gasteiger charge is 2.10. The Morgan fingerprint density at radius 3 is 2.77 bits per heavy atom. The molecule has 5 nitrogen and oxygen atoms in total. The van der Waals surface area contributed by atoms with Crippen molar-refractivity contribution in [1.29, 1.82) is 0 Å². The Labute approximate surface area is 161 Å². The quantitative estimate of drug-likeness (QED) is 0.434. The molecule has 0 fully saturated rings. The highest BCUT2D eigenvalue weighted by molar-refractivity contribution is 7.17. The minimum absolute atomic E-state index is 0.0724. The third-order valence-electron chi connectivity index (χ3n) is 3.48. The van der Waals surface area contributed by atoms with E-state index < -0.39 is 0 Å². The van der Waals surface area contributed by atoms with Crippen molar-refractivity contribution in [3.8, 4) is 22.1 Å². The van der Waals surface area contributed by atoms with Gasteiger partial charge in [-0.05, 0) is 56.0 Å². The van der Waals surface area contributed by atoms with Gasteiger partial charge in [0.2, 0.25) is 5.13 Å². The Balaban J connectivity index is 1.72. The molecule has 0 amide bonds. The highest BCUT2D eigenvalue weighted by atomic mass is 32.1. The Kier molecular flexibility index (Phi) is 5.90. The Morgan fingerprint density at radius 2 is 2.08 bits per heavy atom. The molecule has 1 N–H and O–H groups in total. The minimum Gasteiger partial charge on any atom is -0.493 e. The van der Waals surface area contributed by atoms with Crippen molar-refractivity contribution in [3.05, 3.63) is 46.2 Å². The number of aryl methyl sites for hydroxylation is 1. The Hall–Kier alpha value is -2.38. The molecule has 0 spiro atoms. The first kappa shape index (κ1) is 18.4. The van der Waals surface area contributed by atoms with E-state index in [0.29, 0.717) is 11.5 Å². The maximum Gasteiger partial charge on any atom is 0.204 e. The number of thiazole rings is 1. The lowest BCUT2D eigenvalue weighted by Gasteiger charge is -2.13. The number of anilines is 1. The van der Waals surface area contributed by atoms with Gasteiger partial charge in [0.1, 0.15) is 0 Å². The Bertz CT molecular complexity index is 886. The zero-order valence-electron chi connectivity index (χ0n) is 15.1. The van der Waals surface area contributed by atoms with Gasteiger partial charge in [0.05, 0.1) is 30.0 Å². The molecule has 0 radical (unpaired) electrons.